The Balaban J connectivity index is 2.66. The van der Waals surface area contributed by atoms with Gasteiger partial charge in [-0.05, 0) is 29.2 Å². The van der Waals surface area contributed by atoms with Crippen molar-refractivity contribution in [1.29, 1.82) is 0 Å². The maximum absolute atomic E-state index is 10.2. The molecule has 0 amide bonds. The fraction of sp³-hybridized carbons (Fsp3) is 0.684. The van der Waals surface area contributed by atoms with Crippen LogP contribution < -0.4 is 5.32 Å². The van der Waals surface area contributed by atoms with Crippen molar-refractivity contribution in [1.82, 2.24) is 5.32 Å². The van der Waals surface area contributed by atoms with Crippen molar-refractivity contribution in [2.45, 2.75) is 66.5 Å². The highest BCUT2D eigenvalue weighted by molar-refractivity contribution is 5.19. The molecule has 0 aliphatic carbocycles. The Morgan fingerprint density at radius 3 is 1.90 bits per heavy atom. The molecular formula is C19H33NO. The molecule has 0 saturated carbocycles. The van der Waals surface area contributed by atoms with E-state index in [9.17, 15) is 5.11 Å². The van der Waals surface area contributed by atoms with Gasteiger partial charge in [0.05, 0.1) is 6.10 Å². The highest BCUT2D eigenvalue weighted by atomic mass is 16.3. The smallest absolute Gasteiger partial charge is 0.0669 e. The predicted octanol–water partition coefficient (Wildman–Crippen LogP) is 4.55. The molecule has 0 bridgehead atoms. The van der Waals surface area contributed by atoms with Crippen LogP contribution in [0.4, 0.5) is 0 Å². The molecular weight excluding hydrogens is 258 g/mol. The average Bonchev–Trinajstić information content (AvgIpc) is 2.32. The summed E-state index contributed by atoms with van der Waals surface area (Å²) in [6, 6.07) is 10.8. The largest absolute Gasteiger partial charge is 0.392 e. The summed E-state index contributed by atoms with van der Waals surface area (Å²) in [7, 11) is 0. The number of aliphatic hydroxyl groups is 1. The van der Waals surface area contributed by atoms with Gasteiger partial charge in [0, 0.05) is 12.6 Å². The molecule has 2 heteroatoms. The third kappa shape index (κ3) is 8.23. The van der Waals surface area contributed by atoms with Gasteiger partial charge in [-0.15, -0.1) is 0 Å². The molecule has 1 rings (SSSR count). The summed E-state index contributed by atoms with van der Waals surface area (Å²) in [5, 5.41) is 13.8. The standard InChI is InChI=1S/C19H33NO/c1-18(2,3)12-16(21)14-20-17(13-19(4,5)6)15-10-8-7-9-11-15/h7-11,16-17,20-21H,12-14H2,1-6H3. The van der Waals surface area contributed by atoms with Gasteiger partial charge >= 0.3 is 0 Å². The Kier molecular flexibility index (Phi) is 6.42. The first kappa shape index (κ1) is 18.2. The van der Waals surface area contributed by atoms with Crippen LogP contribution in [0.1, 0.15) is 66.0 Å². The molecule has 120 valence electrons. The average molecular weight is 291 g/mol. The number of rotatable bonds is 6. The lowest BCUT2D eigenvalue weighted by Crippen LogP contribution is -2.34. The zero-order valence-corrected chi connectivity index (χ0v) is 14.6. The topological polar surface area (TPSA) is 32.3 Å². The van der Waals surface area contributed by atoms with E-state index in [0.29, 0.717) is 12.6 Å². The number of aliphatic hydroxyl groups excluding tert-OH is 1. The molecule has 2 atom stereocenters. The van der Waals surface area contributed by atoms with Gasteiger partial charge in [0.2, 0.25) is 0 Å². The Labute approximate surface area is 131 Å². The number of benzene rings is 1. The van der Waals surface area contributed by atoms with Crippen LogP contribution in [0.2, 0.25) is 0 Å². The van der Waals surface area contributed by atoms with Gasteiger partial charge in [-0.1, -0.05) is 71.9 Å². The first-order valence-electron chi connectivity index (χ1n) is 8.03. The van der Waals surface area contributed by atoms with Gasteiger partial charge in [-0.25, -0.2) is 0 Å². The molecule has 21 heavy (non-hydrogen) atoms. The van der Waals surface area contributed by atoms with Gasteiger partial charge in [-0.2, -0.15) is 0 Å². The quantitative estimate of drug-likeness (QED) is 0.806. The fourth-order valence-corrected chi connectivity index (χ4v) is 2.66. The first-order chi connectivity index (χ1) is 9.57. The zero-order chi connectivity index (χ0) is 16.1. The maximum atomic E-state index is 10.2. The van der Waals surface area contributed by atoms with E-state index in [1.54, 1.807) is 0 Å². The Morgan fingerprint density at radius 1 is 0.905 bits per heavy atom. The van der Waals surface area contributed by atoms with Crippen molar-refractivity contribution in [3.63, 3.8) is 0 Å². The van der Waals surface area contributed by atoms with Crippen molar-refractivity contribution < 1.29 is 5.11 Å². The van der Waals surface area contributed by atoms with Crippen molar-refractivity contribution in [2.24, 2.45) is 10.8 Å². The van der Waals surface area contributed by atoms with Crippen molar-refractivity contribution >= 4 is 0 Å². The predicted molar refractivity (Wildman–Crippen MR) is 91.3 cm³/mol. The van der Waals surface area contributed by atoms with E-state index < -0.39 is 0 Å². The van der Waals surface area contributed by atoms with Crippen LogP contribution >= 0.6 is 0 Å². The van der Waals surface area contributed by atoms with Crippen molar-refractivity contribution in [2.75, 3.05) is 6.54 Å². The second-order valence-electron chi connectivity index (χ2n) is 8.55. The summed E-state index contributed by atoms with van der Waals surface area (Å²) in [5.41, 5.74) is 1.71. The van der Waals surface area contributed by atoms with E-state index in [4.69, 9.17) is 0 Å². The Morgan fingerprint density at radius 2 is 1.43 bits per heavy atom. The van der Waals surface area contributed by atoms with E-state index in [1.165, 1.54) is 5.56 Å². The molecule has 2 N–H and O–H groups in total. The van der Waals surface area contributed by atoms with Crippen LogP contribution in [0.15, 0.2) is 30.3 Å². The molecule has 0 fully saturated rings. The Hall–Kier alpha value is -0.860. The minimum atomic E-state index is -0.295. The summed E-state index contributed by atoms with van der Waals surface area (Å²) in [6.07, 6.45) is 1.58. The SMILES string of the molecule is CC(C)(C)CC(O)CNC(CC(C)(C)C)c1ccccc1. The normalized spacial score (nSPS) is 15.8. The number of nitrogens with one attached hydrogen (secondary N) is 1. The van der Waals surface area contributed by atoms with Crippen molar-refractivity contribution in [3.05, 3.63) is 35.9 Å². The van der Waals surface area contributed by atoms with E-state index in [-0.39, 0.29) is 16.9 Å². The third-order valence-corrected chi connectivity index (χ3v) is 3.47. The molecule has 0 saturated heterocycles. The first-order valence-corrected chi connectivity index (χ1v) is 8.03. The van der Waals surface area contributed by atoms with Crippen molar-refractivity contribution in [3.8, 4) is 0 Å². The zero-order valence-electron chi connectivity index (χ0n) is 14.6. The molecule has 1 aromatic rings. The lowest BCUT2D eigenvalue weighted by molar-refractivity contribution is 0.114. The second-order valence-corrected chi connectivity index (χ2v) is 8.55. The third-order valence-electron chi connectivity index (χ3n) is 3.47. The molecule has 1 aromatic carbocycles. The van der Waals surface area contributed by atoms with E-state index in [1.807, 2.05) is 6.07 Å². The summed E-state index contributed by atoms with van der Waals surface area (Å²) in [5.74, 6) is 0. The summed E-state index contributed by atoms with van der Waals surface area (Å²) < 4.78 is 0. The van der Waals surface area contributed by atoms with Gasteiger partial charge in [0.1, 0.15) is 0 Å². The summed E-state index contributed by atoms with van der Waals surface area (Å²) in [6.45, 7) is 13.9. The van der Waals surface area contributed by atoms with Crippen LogP contribution in [-0.2, 0) is 0 Å². The second kappa shape index (κ2) is 7.42. The van der Waals surface area contributed by atoms with Crippen LogP contribution in [0.5, 0.6) is 0 Å². The molecule has 0 aliphatic rings. The lowest BCUT2D eigenvalue weighted by atomic mass is 9.85. The number of hydrogen-bond acceptors (Lipinski definition) is 2. The molecule has 0 aliphatic heterocycles. The minimum Gasteiger partial charge on any atom is -0.392 e. The van der Waals surface area contributed by atoms with E-state index >= 15 is 0 Å². The molecule has 0 radical (unpaired) electrons. The summed E-state index contributed by atoms with van der Waals surface area (Å²) >= 11 is 0. The monoisotopic (exact) mass is 291 g/mol. The fourth-order valence-electron chi connectivity index (χ4n) is 2.66. The highest BCUT2D eigenvalue weighted by Gasteiger charge is 2.22. The van der Waals surface area contributed by atoms with Crippen LogP contribution in [-0.4, -0.2) is 17.8 Å². The maximum Gasteiger partial charge on any atom is 0.0669 e. The lowest BCUT2D eigenvalue weighted by Gasteiger charge is -2.29. The van der Waals surface area contributed by atoms with Crippen LogP contribution in [0.3, 0.4) is 0 Å². The van der Waals surface area contributed by atoms with Gasteiger partial charge in [0.15, 0.2) is 0 Å². The molecule has 0 spiro atoms. The van der Waals surface area contributed by atoms with Gasteiger partial charge < -0.3 is 10.4 Å². The molecule has 2 unspecified atom stereocenters. The molecule has 2 nitrogen and oxygen atoms in total. The molecule has 0 heterocycles. The van der Waals surface area contributed by atoms with Gasteiger partial charge in [-0.3, -0.25) is 0 Å². The Bertz CT molecular complexity index is 400. The van der Waals surface area contributed by atoms with E-state index in [2.05, 4.69) is 71.1 Å². The van der Waals surface area contributed by atoms with Crippen LogP contribution in [0.25, 0.3) is 0 Å². The number of hydrogen-bond donors (Lipinski definition) is 2. The highest BCUT2D eigenvalue weighted by Crippen LogP contribution is 2.29. The van der Waals surface area contributed by atoms with Crippen LogP contribution in [0, 0.1) is 10.8 Å². The van der Waals surface area contributed by atoms with E-state index in [0.717, 1.165) is 12.8 Å². The summed E-state index contributed by atoms with van der Waals surface area (Å²) in [4.78, 5) is 0. The molecule has 0 aromatic heterocycles. The van der Waals surface area contributed by atoms with Gasteiger partial charge in [0.25, 0.3) is 0 Å². The minimum absolute atomic E-state index is 0.160.